The molecule has 0 spiro atoms. The van der Waals surface area contributed by atoms with Crippen molar-refractivity contribution in [1.29, 1.82) is 0 Å². The number of phenols is 1. The number of hydrogen-bond acceptors (Lipinski definition) is 10. The first-order chi connectivity index (χ1) is 23.2. The van der Waals surface area contributed by atoms with Crippen LogP contribution in [-0.4, -0.2) is 107 Å². The van der Waals surface area contributed by atoms with Gasteiger partial charge in [-0.25, -0.2) is 8.78 Å². The fraction of sp³-hybridized carbons (Fsp3) is 0.281. The second-order valence-electron chi connectivity index (χ2n) is 10.8. The maximum Gasteiger partial charge on any atom is 0.323 e. The average molecular weight is 705 g/mol. The minimum absolute atomic E-state index is 0.0258. The van der Waals surface area contributed by atoms with E-state index in [1.165, 1.54) is 24.3 Å². The first kappa shape index (κ1) is 36.5. The van der Waals surface area contributed by atoms with Crippen molar-refractivity contribution in [2.45, 2.75) is 0 Å². The molecule has 5 N–H and O–H groups in total. The van der Waals surface area contributed by atoms with Gasteiger partial charge >= 0.3 is 23.9 Å². The Morgan fingerprint density at radius 3 is 2.04 bits per heavy atom. The highest BCUT2D eigenvalue weighted by Gasteiger charge is 2.24. The molecule has 1 aliphatic carbocycles. The van der Waals surface area contributed by atoms with E-state index in [2.05, 4.69) is 0 Å². The number of carboxylic acids is 4. The van der Waals surface area contributed by atoms with Crippen LogP contribution in [0.15, 0.2) is 47.3 Å². The summed E-state index contributed by atoms with van der Waals surface area (Å²) in [5.41, 5.74) is 0.0578. The smallest absolute Gasteiger partial charge is 0.323 e. The molecule has 0 saturated carbocycles. The number of halogens is 2. The van der Waals surface area contributed by atoms with E-state index in [-0.39, 0.29) is 48.9 Å². The van der Waals surface area contributed by atoms with Gasteiger partial charge in [0, 0.05) is 23.0 Å². The van der Waals surface area contributed by atoms with Gasteiger partial charge in [-0.05, 0) is 59.1 Å². The van der Waals surface area contributed by atoms with Crippen molar-refractivity contribution < 1.29 is 63.0 Å². The quantitative estimate of drug-likeness (QED) is 0.0789. The van der Waals surface area contributed by atoms with E-state index in [9.17, 15) is 48.1 Å². The number of hydrogen-bond donors (Lipinski definition) is 5. The molecule has 2 aliphatic rings. The third-order valence-corrected chi connectivity index (χ3v) is 9.56. The number of carbonyl (C=O) groups is 4. The number of carboxylic acid groups (broad SMARTS) is 4. The fourth-order valence-corrected chi connectivity index (χ4v) is 7.30. The van der Waals surface area contributed by atoms with Gasteiger partial charge in [-0.1, -0.05) is 6.07 Å². The van der Waals surface area contributed by atoms with Crippen LogP contribution < -0.4 is 15.1 Å². The van der Waals surface area contributed by atoms with E-state index < -0.39 is 80.4 Å². The topological polar surface area (TPSA) is 211 Å². The van der Waals surface area contributed by atoms with Crippen LogP contribution in [0, 0.1) is 11.6 Å². The molecular formula is C32H31F2N2O12P. The van der Waals surface area contributed by atoms with Gasteiger partial charge in [-0.2, -0.15) is 0 Å². The summed E-state index contributed by atoms with van der Waals surface area (Å²) in [4.78, 5) is 59.8. The Labute approximate surface area is 277 Å². The van der Waals surface area contributed by atoms with Crippen LogP contribution in [-0.2, 0) is 30.6 Å². The second-order valence-corrected chi connectivity index (χ2v) is 12.9. The first-order valence-corrected chi connectivity index (χ1v) is 16.3. The lowest BCUT2D eigenvalue weighted by Gasteiger charge is -2.25. The third-order valence-electron chi connectivity index (χ3n) is 7.37. The number of phenolic OH excluding ortho intramolecular Hbond substituents is 1. The fourth-order valence-electron chi connectivity index (χ4n) is 5.34. The van der Waals surface area contributed by atoms with E-state index in [1.807, 2.05) is 0 Å². The second kappa shape index (κ2) is 15.7. The lowest BCUT2D eigenvalue weighted by atomic mass is 9.94. The Hall–Kier alpha value is -5.31. The van der Waals surface area contributed by atoms with Crippen LogP contribution in [0.5, 0.6) is 11.5 Å². The van der Waals surface area contributed by atoms with Crippen molar-refractivity contribution in [3.63, 3.8) is 0 Å². The van der Waals surface area contributed by atoms with Gasteiger partial charge in [-0.15, -0.1) is 7.53 Å². The Kier molecular flexibility index (Phi) is 11.7. The number of aromatic hydroxyl groups is 1. The summed E-state index contributed by atoms with van der Waals surface area (Å²) in [7, 11) is -1.34. The molecule has 2 aromatic rings. The largest absolute Gasteiger partial charge is 0.505 e. The van der Waals surface area contributed by atoms with Gasteiger partial charge in [0.25, 0.3) is 0 Å². The summed E-state index contributed by atoms with van der Waals surface area (Å²) in [6.07, 6.45) is 0. The normalized spacial score (nSPS) is 11.6. The lowest BCUT2D eigenvalue weighted by molar-refractivity contribution is -0.142. The van der Waals surface area contributed by atoms with Crippen molar-refractivity contribution in [2.75, 3.05) is 57.4 Å². The molecular weight excluding hydrogens is 673 g/mol. The number of fused-ring (bicyclic) bond motifs is 2. The molecule has 1 heterocycles. The highest BCUT2D eigenvalue weighted by molar-refractivity contribution is 7.56. The van der Waals surface area contributed by atoms with E-state index >= 15 is 0 Å². The predicted octanol–water partition coefficient (Wildman–Crippen LogP) is 3.32. The highest BCUT2D eigenvalue weighted by Crippen LogP contribution is 2.53. The standard InChI is InChI=1S/C32H31F2N2O12P/c1-49-26-11-23(37)20(33)9-18(26)32(19-10-21(34)24(38)12-27(19)49)17-2-3-22(36(15-30(43)44)16-31(45)46)25(8-17)48-7-6-47-5-4-35(13-28(39)40)14-29(41)42/h2-3,8-12,37H,4-7,13-16H2,1H3,(H,39,40)(H,41,42)(H,43,44)(H,45,46). The average Bonchev–Trinajstić information content (AvgIpc) is 3.00. The highest BCUT2D eigenvalue weighted by atomic mass is 31.1. The molecule has 1 atom stereocenters. The lowest BCUT2D eigenvalue weighted by Crippen LogP contribution is -2.37. The number of aryl methyl sites for hydroxylation is 1. The van der Waals surface area contributed by atoms with Gasteiger partial charge in [0.05, 0.1) is 32.0 Å². The zero-order valence-electron chi connectivity index (χ0n) is 25.9. The van der Waals surface area contributed by atoms with Gasteiger partial charge < -0.3 is 39.9 Å². The molecule has 0 radical (unpaired) electrons. The first-order valence-electron chi connectivity index (χ1n) is 14.5. The molecule has 0 aromatic heterocycles. The van der Waals surface area contributed by atoms with E-state index in [0.29, 0.717) is 21.4 Å². The maximum atomic E-state index is 14.8. The van der Waals surface area contributed by atoms with Crippen LogP contribution in [0.3, 0.4) is 0 Å². The molecule has 1 unspecified atom stereocenters. The summed E-state index contributed by atoms with van der Waals surface area (Å²) in [5.74, 6) is -7.78. The van der Waals surface area contributed by atoms with E-state index in [0.717, 1.165) is 28.0 Å². The molecule has 2 aromatic carbocycles. The number of benzene rings is 3. The summed E-state index contributed by atoms with van der Waals surface area (Å²) in [6, 6.07) is 8.82. The van der Waals surface area contributed by atoms with E-state index in [1.54, 1.807) is 6.66 Å². The monoisotopic (exact) mass is 704 g/mol. The summed E-state index contributed by atoms with van der Waals surface area (Å²) >= 11 is 0. The van der Waals surface area contributed by atoms with Gasteiger partial charge in [0.2, 0.25) is 5.43 Å². The third kappa shape index (κ3) is 8.99. The van der Waals surface area contributed by atoms with Crippen LogP contribution in [0.1, 0.15) is 0 Å². The van der Waals surface area contributed by atoms with Gasteiger partial charge in [-0.3, -0.25) is 28.9 Å². The van der Waals surface area contributed by atoms with Crippen molar-refractivity contribution >= 4 is 47.6 Å². The van der Waals surface area contributed by atoms with Crippen LogP contribution >= 0.6 is 7.53 Å². The molecule has 0 saturated heterocycles. The minimum atomic E-state index is -1.34. The Morgan fingerprint density at radius 1 is 0.796 bits per heavy atom. The SMILES string of the molecule is Cp1c2cc(=O)c(F)cc-2c(-c2ccc(N(CC(=O)O)CC(=O)O)c(OCCOCCN(CC(=O)O)CC(=O)O)c2)c2cc(F)c(O)cc21. The predicted molar refractivity (Wildman–Crippen MR) is 173 cm³/mol. The van der Waals surface area contributed by atoms with Crippen LogP contribution in [0.2, 0.25) is 0 Å². The zero-order chi connectivity index (χ0) is 36.0. The van der Waals surface area contributed by atoms with Crippen molar-refractivity contribution in [2.24, 2.45) is 6.66 Å². The molecule has 0 bridgehead atoms. The molecule has 1 aliphatic heterocycles. The summed E-state index contributed by atoms with van der Waals surface area (Å²) in [6.45, 7) is -1.15. The van der Waals surface area contributed by atoms with Crippen LogP contribution in [0.4, 0.5) is 14.5 Å². The Bertz CT molecular complexity index is 1920. The van der Waals surface area contributed by atoms with Gasteiger partial charge in [0.1, 0.15) is 25.4 Å². The Morgan fingerprint density at radius 2 is 1.43 bits per heavy atom. The number of ether oxygens (including phenoxy) is 2. The zero-order valence-corrected chi connectivity index (χ0v) is 26.8. The van der Waals surface area contributed by atoms with Gasteiger partial charge in [0.15, 0.2) is 17.4 Å². The molecule has 14 nitrogen and oxygen atoms in total. The Balaban J connectivity index is 1.76. The molecule has 17 heteroatoms. The molecule has 260 valence electrons. The minimum Gasteiger partial charge on any atom is -0.505 e. The maximum absolute atomic E-state index is 14.8. The van der Waals surface area contributed by atoms with Crippen LogP contribution in [0.25, 0.3) is 32.5 Å². The molecule has 0 amide bonds. The number of nitrogens with zero attached hydrogens (tertiary/aromatic N) is 2. The van der Waals surface area contributed by atoms with Crippen molar-refractivity contribution in [3.05, 3.63) is 64.3 Å². The summed E-state index contributed by atoms with van der Waals surface area (Å²) < 4.78 is 40.9. The van der Waals surface area contributed by atoms with E-state index in [4.69, 9.17) is 19.7 Å². The molecule has 49 heavy (non-hydrogen) atoms. The summed E-state index contributed by atoms with van der Waals surface area (Å²) in [5, 5.41) is 48.4. The number of rotatable bonds is 17. The number of anilines is 1. The molecule has 4 rings (SSSR count). The number of aliphatic carboxylic acids is 4. The molecule has 0 fully saturated rings. The van der Waals surface area contributed by atoms with Crippen molar-refractivity contribution in [1.82, 2.24) is 4.90 Å². The van der Waals surface area contributed by atoms with Crippen molar-refractivity contribution in [3.8, 4) is 33.5 Å².